The fourth-order valence-electron chi connectivity index (χ4n) is 4.31. The molecule has 0 bridgehead atoms. The maximum atomic E-state index is 6.59. The van der Waals surface area contributed by atoms with Gasteiger partial charge in [0.25, 0.3) is 0 Å². The predicted molar refractivity (Wildman–Crippen MR) is 112 cm³/mol. The number of aryl methyl sites for hydroxylation is 1. The van der Waals surface area contributed by atoms with Gasteiger partial charge in [0.05, 0.1) is 5.70 Å². The number of tetrazole rings is 1. The third-order valence-corrected chi connectivity index (χ3v) is 5.59. The van der Waals surface area contributed by atoms with Crippen LogP contribution in [0.2, 0.25) is 0 Å². The largest absolute Gasteiger partial charge is 0.480 e. The van der Waals surface area contributed by atoms with Gasteiger partial charge < -0.3 is 10.1 Å². The highest BCUT2D eigenvalue weighted by Crippen LogP contribution is 2.50. The van der Waals surface area contributed by atoms with Crippen LogP contribution < -0.4 is 10.1 Å². The molecule has 1 N–H and O–H groups in total. The molecule has 2 atom stereocenters. The van der Waals surface area contributed by atoms with E-state index in [0.29, 0.717) is 5.95 Å². The first kappa shape index (κ1) is 16.9. The van der Waals surface area contributed by atoms with Crippen LogP contribution in [0.4, 0.5) is 5.95 Å². The molecule has 2 aromatic heterocycles. The number of benzene rings is 2. The molecule has 0 fully saturated rings. The van der Waals surface area contributed by atoms with Crippen molar-refractivity contribution in [3.8, 4) is 5.75 Å². The van der Waals surface area contributed by atoms with Crippen LogP contribution in [-0.2, 0) is 0 Å². The minimum atomic E-state index is -0.287. The van der Waals surface area contributed by atoms with Gasteiger partial charge in [-0.3, -0.25) is 4.98 Å². The number of pyridine rings is 1. The summed E-state index contributed by atoms with van der Waals surface area (Å²) in [5.41, 5.74) is 6.32. The molecule has 7 heteroatoms. The molecule has 2 aromatic carbocycles. The zero-order valence-corrected chi connectivity index (χ0v) is 16.2. The lowest BCUT2D eigenvalue weighted by Gasteiger charge is -2.38. The first-order chi connectivity index (χ1) is 14.8. The number of hydrogen-bond acceptors (Lipinski definition) is 6. The molecule has 0 saturated heterocycles. The number of anilines is 1. The normalized spacial score (nSPS) is 19.2. The van der Waals surface area contributed by atoms with Gasteiger partial charge in [-0.15, -0.1) is 0 Å². The lowest BCUT2D eigenvalue weighted by Crippen LogP contribution is -2.32. The van der Waals surface area contributed by atoms with Crippen LogP contribution in [0.15, 0.2) is 78.6 Å². The summed E-state index contributed by atoms with van der Waals surface area (Å²) in [5.74, 6) is 1.43. The van der Waals surface area contributed by atoms with E-state index in [1.807, 2.05) is 36.5 Å². The van der Waals surface area contributed by atoms with E-state index in [2.05, 4.69) is 63.1 Å². The molecule has 2 aliphatic rings. The number of rotatable bonds is 2. The number of ether oxygens (including phenoxy) is 1. The summed E-state index contributed by atoms with van der Waals surface area (Å²) in [5, 5.41) is 15.9. The number of fused-ring (bicyclic) bond motifs is 3. The second-order valence-electron chi connectivity index (χ2n) is 7.50. The van der Waals surface area contributed by atoms with Gasteiger partial charge in [-0.25, -0.2) is 0 Å². The Morgan fingerprint density at radius 3 is 2.77 bits per heavy atom. The van der Waals surface area contributed by atoms with E-state index in [4.69, 9.17) is 4.74 Å². The molecular formula is C23H18N6O. The molecule has 2 aliphatic heterocycles. The molecule has 0 spiro atoms. The average molecular weight is 394 g/mol. The van der Waals surface area contributed by atoms with Gasteiger partial charge in [0.1, 0.15) is 17.9 Å². The summed E-state index contributed by atoms with van der Waals surface area (Å²) in [4.78, 5) is 4.35. The topological polar surface area (TPSA) is 77.8 Å². The zero-order valence-electron chi connectivity index (χ0n) is 16.2. The number of aromatic nitrogens is 5. The number of hydrogen-bond donors (Lipinski definition) is 1. The van der Waals surface area contributed by atoms with Gasteiger partial charge in [-0.1, -0.05) is 53.1 Å². The van der Waals surface area contributed by atoms with Gasteiger partial charge in [0.15, 0.2) is 0 Å². The minimum Gasteiger partial charge on any atom is -0.480 e. The average Bonchev–Trinajstić information content (AvgIpc) is 3.26. The minimum absolute atomic E-state index is 0.237. The Hall–Kier alpha value is -4.00. The molecule has 6 rings (SSSR count). The Morgan fingerprint density at radius 1 is 1.00 bits per heavy atom. The van der Waals surface area contributed by atoms with Crippen LogP contribution in [-0.4, -0.2) is 25.2 Å². The molecule has 0 saturated carbocycles. The maximum Gasteiger partial charge on any atom is 0.248 e. The van der Waals surface area contributed by atoms with Gasteiger partial charge >= 0.3 is 0 Å². The standard InChI is InChI=1S/C23H18N6O/c1-14-6-4-7-15(12-14)22-19-20(17-9-2-3-10-18(17)30-22)25-23-26-27-28-29(23)21(19)16-8-5-11-24-13-16/h2-13,21-22H,1H3,(H,25,26,28). The quantitative estimate of drug-likeness (QED) is 0.555. The molecular weight excluding hydrogens is 376 g/mol. The highest BCUT2D eigenvalue weighted by molar-refractivity contribution is 5.85. The van der Waals surface area contributed by atoms with Gasteiger partial charge in [0.2, 0.25) is 5.95 Å². The van der Waals surface area contributed by atoms with Crippen LogP contribution >= 0.6 is 0 Å². The second-order valence-corrected chi connectivity index (χ2v) is 7.50. The maximum absolute atomic E-state index is 6.59. The SMILES string of the molecule is Cc1cccc(C2Oc3ccccc3C3=C2C(c2cccnc2)n2nnnc2N3)c1. The Labute approximate surface area is 173 Å². The highest BCUT2D eigenvalue weighted by atomic mass is 16.5. The fraction of sp³-hybridized carbons (Fsp3) is 0.130. The van der Waals surface area contributed by atoms with E-state index in [0.717, 1.165) is 33.7 Å². The van der Waals surface area contributed by atoms with Crippen LogP contribution in [0.5, 0.6) is 5.75 Å². The molecule has 30 heavy (non-hydrogen) atoms. The Morgan fingerprint density at radius 2 is 1.90 bits per heavy atom. The van der Waals surface area contributed by atoms with Crippen molar-refractivity contribution in [2.24, 2.45) is 0 Å². The second kappa shape index (κ2) is 6.52. The van der Waals surface area contributed by atoms with Crippen molar-refractivity contribution in [2.45, 2.75) is 19.1 Å². The van der Waals surface area contributed by atoms with Gasteiger partial charge in [-0.05, 0) is 46.7 Å². The van der Waals surface area contributed by atoms with Crippen molar-refractivity contribution in [1.82, 2.24) is 25.2 Å². The van der Waals surface area contributed by atoms with E-state index in [9.17, 15) is 0 Å². The summed E-state index contributed by atoms with van der Waals surface area (Å²) < 4.78 is 8.39. The molecule has 0 aliphatic carbocycles. The van der Waals surface area contributed by atoms with Crippen molar-refractivity contribution >= 4 is 11.6 Å². The van der Waals surface area contributed by atoms with Crippen molar-refractivity contribution in [1.29, 1.82) is 0 Å². The van der Waals surface area contributed by atoms with Crippen molar-refractivity contribution in [3.63, 3.8) is 0 Å². The number of para-hydroxylation sites is 1. The number of nitrogens with zero attached hydrogens (tertiary/aromatic N) is 5. The molecule has 4 aromatic rings. The molecule has 0 radical (unpaired) electrons. The van der Waals surface area contributed by atoms with Crippen LogP contribution in [0.1, 0.15) is 34.4 Å². The molecule has 2 unspecified atom stereocenters. The number of nitrogens with one attached hydrogen (secondary N) is 1. The van der Waals surface area contributed by atoms with Crippen LogP contribution in [0, 0.1) is 6.92 Å². The Bertz CT molecular complexity index is 1280. The van der Waals surface area contributed by atoms with Crippen LogP contribution in [0.3, 0.4) is 0 Å². The smallest absolute Gasteiger partial charge is 0.248 e. The van der Waals surface area contributed by atoms with Gasteiger partial charge in [-0.2, -0.15) is 4.68 Å². The van der Waals surface area contributed by atoms with E-state index in [1.54, 1.807) is 10.9 Å². The van der Waals surface area contributed by atoms with Crippen LogP contribution in [0.25, 0.3) is 5.70 Å². The first-order valence-electron chi connectivity index (χ1n) is 9.81. The predicted octanol–water partition coefficient (Wildman–Crippen LogP) is 3.94. The van der Waals surface area contributed by atoms with E-state index in [1.165, 1.54) is 5.56 Å². The third-order valence-electron chi connectivity index (χ3n) is 5.59. The summed E-state index contributed by atoms with van der Waals surface area (Å²) in [7, 11) is 0. The van der Waals surface area contributed by atoms with E-state index >= 15 is 0 Å². The highest BCUT2D eigenvalue weighted by Gasteiger charge is 2.41. The van der Waals surface area contributed by atoms with Crippen molar-refractivity contribution in [2.75, 3.05) is 5.32 Å². The lowest BCUT2D eigenvalue weighted by molar-refractivity contribution is 0.222. The summed E-state index contributed by atoms with van der Waals surface area (Å²) in [6.45, 7) is 2.09. The van der Waals surface area contributed by atoms with Crippen molar-refractivity contribution < 1.29 is 4.74 Å². The molecule has 0 amide bonds. The third kappa shape index (κ3) is 2.52. The fourth-order valence-corrected chi connectivity index (χ4v) is 4.31. The summed E-state index contributed by atoms with van der Waals surface area (Å²) in [6.07, 6.45) is 3.34. The Balaban J connectivity index is 1.64. The molecule has 7 nitrogen and oxygen atoms in total. The molecule has 146 valence electrons. The van der Waals surface area contributed by atoms with Crippen molar-refractivity contribution in [3.05, 3.63) is 101 Å². The van der Waals surface area contributed by atoms with E-state index in [-0.39, 0.29) is 12.1 Å². The Kier molecular flexibility index (Phi) is 3.67. The first-order valence-corrected chi connectivity index (χ1v) is 9.81. The summed E-state index contributed by atoms with van der Waals surface area (Å²) >= 11 is 0. The van der Waals surface area contributed by atoms with Gasteiger partial charge in [0, 0.05) is 23.5 Å². The lowest BCUT2D eigenvalue weighted by atomic mass is 9.85. The van der Waals surface area contributed by atoms with E-state index < -0.39 is 0 Å². The monoisotopic (exact) mass is 394 g/mol. The zero-order chi connectivity index (χ0) is 20.1. The summed E-state index contributed by atoms with van der Waals surface area (Å²) in [6, 6.07) is 20.2. The molecule has 4 heterocycles.